The van der Waals surface area contributed by atoms with Crippen LogP contribution < -0.4 is 5.32 Å². The van der Waals surface area contributed by atoms with Crippen molar-refractivity contribution in [3.63, 3.8) is 0 Å². The third-order valence-electron chi connectivity index (χ3n) is 2.66. The minimum atomic E-state index is -4.73. The summed E-state index contributed by atoms with van der Waals surface area (Å²) in [6, 6.07) is 0.157. The first-order valence-corrected chi connectivity index (χ1v) is 5.66. The molecule has 110 valence electrons. The molecule has 1 fully saturated rings. The molecule has 1 N–H and O–H groups in total. The zero-order valence-electron chi connectivity index (χ0n) is 9.60. The lowest BCUT2D eigenvalue weighted by Gasteiger charge is -2.32. The summed E-state index contributed by atoms with van der Waals surface area (Å²) in [5, 5.41) is 1.44. The molecule has 0 spiro atoms. The van der Waals surface area contributed by atoms with Crippen LogP contribution in [0.2, 0.25) is 5.02 Å². The molecule has 1 amide bonds. The minimum Gasteiger partial charge on any atom is -0.443 e. The molecule has 0 unspecified atom stereocenters. The Balaban J connectivity index is 2.46. The van der Waals surface area contributed by atoms with Crippen LogP contribution in [0.5, 0.6) is 0 Å². The molecule has 0 aromatic heterocycles. The fourth-order valence-corrected chi connectivity index (χ4v) is 2.02. The SMILES string of the molecule is O=C1N[C@H](c2cc(Cl)cc(C(F)(F)F)c2)C(F)(F)CO1. The molecular formula is C11H7ClF5NO2. The Labute approximate surface area is 114 Å². The normalized spacial score (nSPS) is 22.1. The van der Waals surface area contributed by atoms with Crippen molar-refractivity contribution in [2.45, 2.75) is 18.1 Å². The van der Waals surface area contributed by atoms with Gasteiger partial charge in [-0.15, -0.1) is 0 Å². The summed E-state index contributed by atoms with van der Waals surface area (Å²) in [7, 11) is 0. The molecule has 1 heterocycles. The molecule has 9 heteroatoms. The summed E-state index contributed by atoms with van der Waals surface area (Å²) >= 11 is 5.52. The molecule has 1 saturated heterocycles. The van der Waals surface area contributed by atoms with Crippen LogP contribution in [0.4, 0.5) is 26.7 Å². The van der Waals surface area contributed by atoms with Crippen molar-refractivity contribution in [3.8, 4) is 0 Å². The quantitative estimate of drug-likeness (QED) is 0.801. The number of benzene rings is 1. The molecule has 0 bridgehead atoms. The van der Waals surface area contributed by atoms with Gasteiger partial charge in [0.1, 0.15) is 6.04 Å². The number of cyclic esters (lactones) is 1. The first-order chi connectivity index (χ1) is 9.09. The number of alkyl halides is 5. The Kier molecular flexibility index (Phi) is 3.53. The number of rotatable bonds is 1. The molecule has 0 saturated carbocycles. The van der Waals surface area contributed by atoms with Crippen molar-refractivity contribution in [3.05, 3.63) is 34.3 Å². The number of carbonyl (C=O) groups excluding carboxylic acids is 1. The highest BCUT2D eigenvalue weighted by Crippen LogP contribution is 2.38. The van der Waals surface area contributed by atoms with E-state index in [4.69, 9.17) is 11.6 Å². The van der Waals surface area contributed by atoms with E-state index in [1.807, 2.05) is 0 Å². The maximum Gasteiger partial charge on any atom is 0.416 e. The minimum absolute atomic E-state index is 0.355. The fourth-order valence-electron chi connectivity index (χ4n) is 1.78. The summed E-state index contributed by atoms with van der Waals surface area (Å²) in [6.45, 7) is -1.21. The van der Waals surface area contributed by atoms with Gasteiger partial charge in [-0.1, -0.05) is 11.6 Å². The van der Waals surface area contributed by atoms with Crippen molar-refractivity contribution >= 4 is 17.7 Å². The molecule has 2 rings (SSSR count). The van der Waals surface area contributed by atoms with Crippen LogP contribution in [0, 0.1) is 0 Å². The van der Waals surface area contributed by atoms with Gasteiger partial charge >= 0.3 is 18.2 Å². The number of amides is 1. The number of hydrogen-bond donors (Lipinski definition) is 1. The third-order valence-corrected chi connectivity index (χ3v) is 2.88. The van der Waals surface area contributed by atoms with Gasteiger partial charge in [0.15, 0.2) is 6.61 Å². The summed E-state index contributed by atoms with van der Waals surface area (Å²) in [5.41, 5.74) is -1.61. The second-order valence-corrected chi connectivity index (χ2v) is 4.62. The predicted octanol–water partition coefficient (Wildman–Crippen LogP) is 3.78. The van der Waals surface area contributed by atoms with Crippen LogP contribution >= 0.6 is 11.6 Å². The monoisotopic (exact) mass is 315 g/mol. The van der Waals surface area contributed by atoms with Gasteiger partial charge in [0.2, 0.25) is 0 Å². The molecule has 1 aromatic carbocycles. The van der Waals surface area contributed by atoms with E-state index in [1.165, 1.54) is 0 Å². The van der Waals surface area contributed by atoms with Crippen molar-refractivity contribution in [1.82, 2.24) is 5.32 Å². The Bertz CT molecular complexity index is 546. The number of ether oxygens (including phenoxy) is 1. The average molecular weight is 316 g/mol. The van der Waals surface area contributed by atoms with E-state index in [0.29, 0.717) is 12.1 Å². The third kappa shape index (κ3) is 2.95. The van der Waals surface area contributed by atoms with Crippen molar-refractivity contribution in [2.24, 2.45) is 0 Å². The number of alkyl carbamates (subject to hydrolysis) is 1. The highest BCUT2D eigenvalue weighted by Gasteiger charge is 2.47. The van der Waals surface area contributed by atoms with Crippen LogP contribution in [-0.4, -0.2) is 18.6 Å². The standard InChI is InChI=1S/C11H7ClF5NO2/c12-7-2-5(1-6(3-7)11(15,16)17)8-10(13,14)4-20-9(19)18-8/h1-3,8H,4H2,(H,18,19)/t8-/m1/s1. The zero-order valence-corrected chi connectivity index (χ0v) is 10.4. The molecule has 1 aromatic rings. The van der Waals surface area contributed by atoms with Crippen LogP contribution in [0.15, 0.2) is 18.2 Å². The molecule has 3 nitrogen and oxygen atoms in total. The van der Waals surface area contributed by atoms with Gasteiger partial charge < -0.3 is 10.1 Å². The first kappa shape index (κ1) is 14.8. The maximum absolute atomic E-state index is 13.6. The molecule has 1 aliphatic heterocycles. The van der Waals surface area contributed by atoms with Gasteiger partial charge in [-0.2, -0.15) is 13.2 Å². The van der Waals surface area contributed by atoms with E-state index < -0.39 is 42.0 Å². The summed E-state index contributed by atoms with van der Waals surface area (Å²) in [4.78, 5) is 11.0. The largest absolute Gasteiger partial charge is 0.443 e. The Morgan fingerprint density at radius 3 is 2.55 bits per heavy atom. The Morgan fingerprint density at radius 1 is 1.30 bits per heavy atom. The van der Waals surface area contributed by atoms with E-state index in [2.05, 4.69) is 4.74 Å². The molecule has 1 atom stereocenters. The Morgan fingerprint density at radius 2 is 1.95 bits per heavy atom. The highest BCUT2D eigenvalue weighted by molar-refractivity contribution is 6.30. The average Bonchev–Trinajstić information content (AvgIpc) is 2.30. The lowest BCUT2D eigenvalue weighted by molar-refractivity contribution is -0.138. The van der Waals surface area contributed by atoms with Crippen molar-refractivity contribution in [1.29, 1.82) is 0 Å². The molecule has 0 aliphatic carbocycles. The van der Waals surface area contributed by atoms with Gasteiger partial charge in [0.25, 0.3) is 0 Å². The molecular weight excluding hydrogens is 309 g/mol. The van der Waals surface area contributed by atoms with Crippen LogP contribution in [0.3, 0.4) is 0 Å². The molecule has 20 heavy (non-hydrogen) atoms. The first-order valence-electron chi connectivity index (χ1n) is 5.28. The molecule has 0 radical (unpaired) electrons. The second-order valence-electron chi connectivity index (χ2n) is 4.19. The topological polar surface area (TPSA) is 38.3 Å². The van der Waals surface area contributed by atoms with E-state index in [-0.39, 0.29) is 5.02 Å². The van der Waals surface area contributed by atoms with Crippen LogP contribution in [0.1, 0.15) is 17.2 Å². The van der Waals surface area contributed by atoms with Gasteiger partial charge in [0, 0.05) is 5.02 Å². The van der Waals surface area contributed by atoms with Gasteiger partial charge in [0.05, 0.1) is 5.56 Å². The van der Waals surface area contributed by atoms with Gasteiger partial charge in [-0.25, -0.2) is 13.6 Å². The fraction of sp³-hybridized carbons (Fsp3) is 0.364. The maximum atomic E-state index is 13.6. The van der Waals surface area contributed by atoms with Crippen molar-refractivity contribution < 1.29 is 31.5 Å². The predicted molar refractivity (Wildman–Crippen MR) is 58.6 cm³/mol. The van der Waals surface area contributed by atoms with E-state index in [9.17, 15) is 26.7 Å². The summed E-state index contributed by atoms with van der Waals surface area (Å²) < 4.78 is 69.2. The second kappa shape index (κ2) is 4.76. The summed E-state index contributed by atoms with van der Waals surface area (Å²) in [6.07, 6.45) is -5.86. The van der Waals surface area contributed by atoms with E-state index in [1.54, 1.807) is 5.32 Å². The number of nitrogens with one attached hydrogen (secondary N) is 1. The number of halogens is 6. The van der Waals surface area contributed by atoms with E-state index in [0.717, 1.165) is 6.07 Å². The number of carbonyl (C=O) groups is 1. The van der Waals surface area contributed by atoms with Gasteiger partial charge in [-0.3, -0.25) is 0 Å². The van der Waals surface area contributed by atoms with E-state index >= 15 is 0 Å². The smallest absolute Gasteiger partial charge is 0.416 e. The summed E-state index contributed by atoms with van der Waals surface area (Å²) in [5.74, 6) is -3.54. The molecule has 1 aliphatic rings. The van der Waals surface area contributed by atoms with Crippen LogP contribution in [0.25, 0.3) is 0 Å². The zero-order chi connectivity index (χ0) is 15.1. The lowest BCUT2D eigenvalue weighted by atomic mass is 9.98. The Hall–Kier alpha value is -1.57. The number of hydrogen-bond acceptors (Lipinski definition) is 2. The van der Waals surface area contributed by atoms with Gasteiger partial charge in [-0.05, 0) is 23.8 Å². The van der Waals surface area contributed by atoms with Crippen LogP contribution in [-0.2, 0) is 10.9 Å². The van der Waals surface area contributed by atoms with Crippen molar-refractivity contribution in [2.75, 3.05) is 6.61 Å². The lowest BCUT2D eigenvalue weighted by Crippen LogP contribution is -2.49. The highest BCUT2D eigenvalue weighted by atomic mass is 35.5.